The van der Waals surface area contributed by atoms with Crippen LogP contribution in [0.4, 0.5) is 13.2 Å². The number of rotatable bonds is 6. The van der Waals surface area contributed by atoms with Gasteiger partial charge in [-0.3, -0.25) is 25.1 Å². The molecule has 152 valence electrons. The molecule has 0 unspecified atom stereocenters. The minimum absolute atomic E-state index is 0.0370. The van der Waals surface area contributed by atoms with Gasteiger partial charge in [0.15, 0.2) is 5.69 Å². The summed E-state index contributed by atoms with van der Waals surface area (Å²) in [6, 6.07) is 4.68. The van der Waals surface area contributed by atoms with Gasteiger partial charge in [-0.1, -0.05) is 23.2 Å². The molecule has 0 aliphatic rings. The highest BCUT2D eigenvalue weighted by Crippen LogP contribution is 2.30. The van der Waals surface area contributed by atoms with E-state index in [1.807, 2.05) is 10.9 Å². The van der Waals surface area contributed by atoms with E-state index >= 15 is 0 Å². The number of aromatic nitrogens is 2. The lowest BCUT2D eigenvalue weighted by Crippen LogP contribution is -2.42. The van der Waals surface area contributed by atoms with Gasteiger partial charge in [-0.2, -0.15) is 18.3 Å². The Hall–Kier alpha value is -2.46. The van der Waals surface area contributed by atoms with E-state index in [9.17, 15) is 22.8 Å². The van der Waals surface area contributed by atoms with Crippen molar-refractivity contribution in [3.05, 3.63) is 45.7 Å². The Morgan fingerprint density at radius 3 is 2.61 bits per heavy atom. The van der Waals surface area contributed by atoms with E-state index in [0.29, 0.717) is 15.8 Å². The third kappa shape index (κ3) is 6.03. The molecular weight excluding hydrogens is 424 g/mol. The van der Waals surface area contributed by atoms with Crippen molar-refractivity contribution in [3.8, 4) is 5.75 Å². The van der Waals surface area contributed by atoms with Gasteiger partial charge >= 0.3 is 6.18 Å². The molecule has 2 rings (SSSR count). The molecule has 12 heteroatoms. The van der Waals surface area contributed by atoms with Gasteiger partial charge in [-0.15, -0.1) is 0 Å². The van der Waals surface area contributed by atoms with Gasteiger partial charge in [0.25, 0.3) is 5.91 Å². The van der Waals surface area contributed by atoms with E-state index in [2.05, 4.69) is 5.10 Å². The van der Waals surface area contributed by atoms with Crippen molar-refractivity contribution in [3.63, 3.8) is 0 Å². The number of carbonyl (C=O) groups excluding carboxylic acids is 2. The van der Waals surface area contributed by atoms with Crippen molar-refractivity contribution >= 4 is 35.0 Å². The molecule has 2 amide bonds. The number of ether oxygens (including phenoxy) is 1. The average molecular weight is 439 g/mol. The number of nitrogens with one attached hydrogen (secondary N) is 2. The third-order valence-electron chi connectivity index (χ3n) is 3.36. The molecule has 0 bridgehead atoms. The summed E-state index contributed by atoms with van der Waals surface area (Å²) in [6.45, 7) is 0.156. The molecule has 2 aromatic rings. The summed E-state index contributed by atoms with van der Waals surface area (Å²) in [5.41, 5.74) is 1.94. The van der Waals surface area contributed by atoms with Crippen LogP contribution in [0.15, 0.2) is 24.4 Å². The van der Waals surface area contributed by atoms with Gasteiger partial charge in [0.05, 0.1) is 17.2 Å². The monoisotopic (exact) mass is 438 g/mol. The van der Waals surface area contributed by atoms with E-state index in [1.165, 1.54) is 13.1 Å². The normalized spacial score (nSPS) is 11.2. The highest BCUT2D eigenvalue weighted by Gasteiger charge is 2.39. The standard InChI is InChI=1S/C16H15Cl2F3N4O3/c1-25-8-10(14(24-25)16(19,20)21)15(27)23-22-13(26)3-2-6-28-12-5-4-9(17)7-11(12)18/h4-5,7-8H,2-3,6H2,1H3,(H,22,26)(H,23,27). The summed E-state index contributed by atoms with van der Waals surface area (Å²) in [5.74, 6) is -1.33. The van der Waals surface area contributed by atoms with E-state index in [1.54, 1.807) is 12.1 Å². The first-order valence-electron chi connectivity index (χ1n) is 7.86. The first-order chi connectivity index (χ1) is 13.1. The number of aryl methyl sites for hydroxylation is 1. The Bertz CT molecular complexity index is 871. The number of carbonyl (C=O) groups is 2. The Kier molecular flexibility index (Phi) is 7.14. The molecule has 0 radical (unpaired) electrons. The van der Waals surface area contributed by atoms with Gasteiger partial charge in [0.1, 0.15) is 5.75 Å². The maximum absolute atomic E-state index is 12.8. The average Bonchev–Trinajstić information content (AvgIpc) is 3.00. The molecule has 0 spiro atoms. The second kappa shape index (κ2) is 9.16. The van der Waals surface area contributed by atoms with Crippen molar-refractivity contribution in [2.45, 2.75) is 19.0 Å². The maximum atomic E-state index is 12.8. The van der Waals surface area contributed by atoms with E-state index in [-0.39, 0.29) is 19.4 Å². The number of hydrogen-bond donors (Lipinski definition) is 2. The molecule has 1 aromatic carbocycles. The molecule has 0 saturated heterocycles. The zero-order valence-electron chi connectivity index (χ0n) is 14.4. The van der Waals surface area contributed by atoms with Crippen LogP contribution >= 0.6 is 23.2 Å². The minimum atomic E-state index is -4.79. The van der Waals surface area contributed by atoms with Crippen LogP contribution < -0.4 is 15.6 Å². The van der Waals surface area contributed by atoms with Crippen LogP contribution in [-0.2, 0) is 18.0 Å². The van der Waals surface area contributed by atoms with Crippen molar-refractivity contribution < 1.29 is 27.5 Å². The molecule has 28 heavy (non-hydrogen) atoms. The number of hydrazine groups is 1. The van der Waals surface area contributed by atoms with Crippen LogP contribution in [0.5, 0.6) is 5.75 Å². The summed E-state index contributed by atoms with van der Waals surface area (Å²) >= 11 is 11.7. The molecule has 0 saturated carbocycles. The lowest BCUT2D eigenvalue weighted by atomic mass is 10.2. The van der Waals surface area contributed by atoms with Crippen LogP contribution in [0.1, 0.15) is 28.9 Å². The van der Waals surface area contributed by atoms with Crippen LogP contribution in [-0.4, -0.2) is 28.2 Å². The number of nitrogens with zero attached hydrogens (tertiary/aromatic N) is 2. The van der Waals surface area contributed by atoms with E-state index < -0.39 is 29.2 Å². The van der Waals surface area contributed by atoms with Gasteiger partial charge in [-0.05, 0) is 24.6 Å². The maximum Gasteiger partial charge on any atom is 0.435 e. The second-order valence-electron chi connectivity index (χ2n) is 5.59. The zero-order valence-corrected chi connectivity index (χ0v) is 16.0. The fourth-order valence-electron chi connectivity index (χ4n) is 2.13. The summed E-state index contributed by atoms with van der Waals surface area (Å²) in [4.78, 5) is 23.6. The lowest BCUT2D eigenvalue weighted by Gasteiger charge is -2.10. The predicted molar refractivity (Wildman–Crippen MR) is 95.0 cm³/mol. The summed E-state index contributed by atoms with van der Waals surface area (Å²) in [6.07, 6.45) is -3.64. The van der Waals surface area contributed by atoms with Crippen LogP contribution in [0.2, 0.25) is 10.0 Å². The quantitative estimate of drug-likeness (QED) is 0.534. The fraction of sp³-hybridized carbons (Fsp3) is 0.312. The minimum Gasteiger partial charge on any atom is -0.492 e. The van der Waals surface area contributed by atoms with Crippen LogP contribution in [0, 0.1) is 0 Å². The highest BCUT2D eigenvalue weighted by molar-refractivity contribution is 6.35. The highest BCUT2D eigenvalue weighted by atomic mass is 35.5. The summed E-state index contributed by atoms with van der Waals surface area (Å²) < 4.78 is 44.8. The van der Waals surface area contributed by atoms with Gasteiger partial charge < -0.3 is 4.74 Å². The van der Waals surface area contributed by atoms with Crippen molar-refractivity contribution in [2.24, 2.45) is 7.05 Å². The van der Waals surface area contributed by atoms with E-state index in [0.717, 1.165) is 10.9 Å². The Labute approximate surface area is 167 Å². The first-order valence-corrected chi connectivity index (χ1v) is 8.61. The summed E-state index contributed by atoms with van der Waals surface area (Å²) in [7, 11) is 1.25. The predicted octanol–water partition coefficient (Wildman–Crippen LogP) is 3.37. The van der Waals surface area contributed by atoms with Gasteiger partial charge in [0, 0.05) is 24.7 Å². The molecular formula is C16H15Cl2F3N4O3. The Morgan fingerprint density at radius 1 is 1.25 bits per heavy atom. The Morgan fingerprint density at radius 2 is 1.96 bits per heavy atom. The largest absolute Gasteiger partial charge is 0.492 e. The number of alkyl halides is 3. The molecule has 0 aliphatic heterocycles. The van der Waals surface area contributed by atoms with Gasteiger partial charge in [0.2, 0.25) is 5.91 Å². The fourth-order valence-corrected chi connectivity index (χ4v) is 2.59. The topological polar surface area (TPSA) is 85.2 Å². The number of benzene rings is 1. The molecule has 0 atom stereocenters. The number of amides is 2. The zero-order chi connectivity index (χ0) is 20.9. The number of halogens is 5. The molecule has 0 fully saturated rings. The molecule has 2 N–H and O–H groups in total. The van der Waals surface area contributed by atoms with Crippen molar-refractivity contribution in [2.75, 3.05) is 6.61 Å². The van der Waals surface area contributed by atoms with Crippen molar-refractivity contribution in [1.29, 1.82) is 0 Å². The first kappa shape index (κ1) is 21.8. The Balaban J connectivity index is 1.77. The van der Waals surface area contributed by atoms with Crippen molar-refractivity contribution in [1.82, 2.24) is 20.6 Å². The SMILES string of the molecule is Cn1cc(C(=O)NNC(=O)CCCOc2ccc(Cl)cc2Cl)c(C(F)(F)F)n1. The third-order valence-corrected chi connectivity index (χ3v) is 3.89. The molecule has 0 aliphatic carbocycles. The molecule has 7 nitrogen and oxygen atoms in total. The molecule has 1 aromatic heterocycles. The van der Waals surface area contributed by atoms with E-state index in [4.69, 9.17) is 27.9 Å². The number of hydrogen-bond acceptors (Lipinski definition) is 4. The van der Waals surface area contributed by atoms with Gasteiger partial charge in [-0.25, -0.2) is 0 Å². The molecule has 1 heterocycles. The lowest BCUT2D eigenvalue weighted by molar-refractivity contribution is -0.141. The van der Waals surface area contributed by atoms with Crippen LogP contribution in [0.3, 0.4) is 0 Å². The second-order valence-corrected chi connectivity index (χ2v) is 6.44. The van der Waals surface area contributed by atoms with Crippen LogP contribution in [0.25, 0.3) is 0 Å². The smallest absolute Gasteiger partial charge is 0.435 e. The summed E-state index contributed by atoms with van der Waals surface area (Å²) in [5, 5.41) is 3.99.